The summed E-state index contributed by atoms with van der Waals surface area (Å²) in [6.45, 7) is 2.39. The first-order valence-electron chi connectivity index (χ1n) is 6.25. The molecule has 0 saturated carbocycles. The quantitative estimate of drug-likeness (QED) is 0.697. The lowest BCUT2D eigenvalue weighted by Crippen LogP contribution is -2.16. The third-order valence-corrected chi connectivity index (χ3v) is 3.22. The minimum atomic E-state index is -0.642. The number of hydrazone groups is 1. The van der Waals surface area contributed by atoms with Gasteiger partial charge in [0.25, 0.3) is 0 Å². The standard InChI is InChI=1S/C14H15ClN4O2/c1-10-12(8-16-17-14(20)21-2)13(15)19(18-10)9-11-6-4-3-5-7-11/h3-8H,9H2,1-2H3,(H,17,20)/b16-8-. The van der Waals surface area contributed by atoms with Gasteiger partial charge in [0.2, 0.25) is 0 Å². The number of carbonyl (C=O) groups excluding carboxylic acids is 1. The van der Waals surface area contributed by atoms with Crippen LogP contribution in [0, 0.1) is 6.92 Å². The molecule has 1 aromatic heterocycles. The Bertz CT molecular complexity index is 652. The van der Waals surface area contributed by atoms with Gasteiger partial charge in [-0.3, -0.25) is 0 Å². The summed E-state index contributed by atoms with van der Waals surface area (Å²) in [6.07, 6.45) is 0.806. The van der Waals surface area contributed by atoms with Gasteiger partial charge in [0.05, 0.1) is 31.1 Å². The molecule has 1 aromatic carbocycles. The van der Waals surface area contributed by atoms with Gasteiger partial charge in [-0.25, -0.2) is 14.9 Å². The van der Waals surface area contributed by atoms with Crippen LogP contribution in [0.25, 0.3) is 0 Å². The molecule has 0 unspecified atom stereocenters. The van der Waals surface area contributed by atoms with Crippen LogP contribution in [-0.2, 0) is 11.3 Å². The van der Waals surface area contributed by atoms with Crippen LogP contribution in [0.4, 0.5) is 4.79 Å². The van der Waals surface area contributed by atoms with E-state index in [-0.39, 0.29) is 0 Å². The molecule has 0 fully saturated rings. The molecule has 2 aromatic rings. The molecule has 1 heterocycles. The molecule has 0 bridgehead atoms. The molecule has 0 atom stereocenters. The monoisotopic (exact) mass is 306 g/mol. The maximum absolute atomic E-state index is 10.9. The maximum atomic E-state index is 10.9. The topological polar surface area (TPSA) is 68.5 Å². The number of amides is 1. The van der Waals surface area contributed by atoms with E-state index in [0.717, 1.165) is 11.3 Å². The second-order valence-corrected chi connectivity index (χ2v) is 4.65. The van der Waals surface area contributed by atoms with E-state index < -0.39 is 6.09 Å². The number of hydrogen-bond donors (Lipinski definition) is 1. The van der Waals surface area contributed by atoms with Gasteiger partial charge in [-0.15, -0.1) is 0 Å². The third kappa shape index (κ3) is 3.82. The first-order valence-corrected chi connectivity index (χ1v) is 6.63. The van der Waals surface area contributed by atoms with E-state index in [1.165, 1.54) is 13.3 Å². The highest BCUT2D eigenvalue weighted by molar-refractivity contribution is 6.32. The summed E-state index contributed by atoms with van der Waals surface area (Å²) in [5, 5.41) is 8.60. The molecule has 2 rings (SSSR count). The molecule has 6 nitrogen and oxygen atoms in total. The van der Waals surface area contributed by atoms with Crippen molar-refractivity contribution in [3.8, 4) is 0 Å². The Labute approximate surface area is 127 Å². The summed E-state index contributed by atoms with van der Waals surface area (Å²) in [4.78, 5) is 10.9. The average molecular weight is 307 g/mol. The summed E-state index contributed by atoms with van der Waals surface area (Å²) in [5.41, 5.74) is 4.69. The number of methoxy groups -OCH3 is 1. The van der Waals surface area contributed by atoms with Crippen molar-refractivity contribution in [2.45, 2.75) is 13.5 Å². The maximum Gasteiger partial charge on any atom is 0.427 e. The number of carbonyl (C=O) groups is 1. The van der Waals surface area contributed by atoms with E-state index in [9.17, 15) is 4.79 Å². The van der Waals surface area contributed by atoms with Crippen LogP contribution in [0.3, 0.4) is 0 Å². The number of aromatic nitrogens is 2. The van der Waals surface area contributed by atoms with Crippen LogP contribution in [0.15, 0.2) is 35.4 Å². The van der Waals surface area contributed by atoms with Crippen LogP contribution < -0.4 is 5.43 Å². The molecule has 0 spiro atoms. The normalized spacial score (nSPS) is 10.8. The molecule has 1 amide bonds. The first-order chi connectivity index (χ1) is 10.1. The number of hydrogen-bond acceptors (Lipinski definition) is 4. The van der Waals surface area contributed by atoms with Crippen LogP contribution in [0.2, 0.25) is 5.15 Å². The first kappa shape index (κ1) is 15.1. The van der Waals surface area contributed by atoms with Gasteiger partial charge in [0.1, 0.15) is 5.15 Å². The van der Waals surface area contributed by atoms with Crippen LogP contribution in [0.5, 0.6) is 0 Å². The second kappa shape index (κ2) is 6.90. The molecule has 0 radical (unpaired) electrons. The number of ether oxygens (including phenoxy) is 1. The number of nitrogens with one attached hydrogen (secondary N) is 1. The molecular weight excluding hydrogens is 292 g/mol. The van der Waals surface area contributed by atoms with Crippen molar-refractivity contribution < 1.29 is 9.53 Å². The average Bonchev–Trinajstić information content (AvgIpc) is 2.75. The Hall–Kier alpha value is -2.34. The molecule has 1 N–H and O–H groups in total. The van der Waals surface area contributed by atoms with Gasteiger partial charge in [-0.05, 0) is 12.5 Å². The van der Waals surface area contributed by atoms with Crippen molar-refractivity contribution >= 4 is 23.9 Å². The molecule has 21 heavy (non-hydrogen) atoms. The van der Waals surface area contributed by atoms with Gasteiger partial charge >= 0.3 is 6.09 Å². The number of aryl methyl sites for hydroxylation is 1. The van der Waals surface area contributed by atoms with E-state index in [2.05, 4.69) is 20.4 Å². The predicted molar refractivity (Wildman–Crippen MR) is 80.7 cm³/mol. The van der Waals surface area contributed by atoms with Crippen molar-refractivity contribution in [2.24, 2.45) is 5.10 Å². The highest BCUT2D eigenvalue weighted by Gasteiger charge is 2.12. The highest BCUT2D eigenvalue weighted by atomic mass is 35.5. The molecule has 0 aliphatic rings. The molecule has 110 valence electrons. The van der Waals surface area contributed by atoms with Crippen LogP contribution in [-0.4, -0.2) is 29.2 Å². The molecule has 7 heteroatoms. The predicted octanol–water partition coefficient (Wildman–Crippen LogP) is 2.58. The zero-order valence-electron chi connectivity index (χ0n) is 11.7. The van der Waals surface area contributed by atoms with Crippen LogP contribution in [0.1, 0.15) is 16.8 Å². The zero-order valence-corrected chi connectivity index (χ0v) is 12.5. The van der Waals surface area contributed by atoms with Crippen molar-refractivity contribution in [1.82, 2.24) is 15.2 Å². The lowest BCUT2D eigenvalue weighted by molar-refractivity contribution is 0.171. The van der Waals surface area contributed by atoms with Gasteiger partial charge in [-0.1, -0.05) is 41.9 Å². The third-order valence-electron chi connectivity index (χ3n) is 2.82. The van der Waals surface area contributed by atoms with Gasteiger partial charge < -0.3 is 4.74 Å². The van der Waals surface area contributed by atoms with E-state index in [1.54, 1.807) is 4.68 Å². The number of benzene rings is 1. The largest absolute Gasteiger partial charge is 0.452 e. The molecule has 0 saturated heterocycles. The fourth-order valence-electron chi connectivity index (χ4n) is 1.77. The minimum Gasteiger partial charge on any atom is -0.452 e. The van der Waals surface area contributed by atoms with E-state index in [0.29, 0.717) is 17.3 Å². The summed E-state index contributed by atoms with van der Waals surface area (Å²) < 4.78 is 6.10. The highest BCUT2D eigenvalue weighted by Crippen LogP contribution is 2.19. The fraction of sp³-hybridized carbons (Fsp3) is 0.214. The Kier molecular flexibility index (Phi) is 4.94. The fourth-order valence-corrected chi connectivity index (χ4v) is 2.05. The number of rotatable bonds is 4. The van der Waals surface area contributed by atoms with Crippen molar-refractivity contribution in [1.29, 1.82) is 0 Å². The summed E-state index contributed by atoms with van der Waals surface area (Å²) in [7, 11) is 1.26. The number of nitrogens with zero attached hydrogens (tertiary/aromatic N) is 3. The molecule has 0 aliphatic heterocycles. The summed E-state index contributed by atoms with van der Waals surface area (Å²) >= 11 is 6.29. The zero-order chi connectivity index (χ0) is 15.2. The summed E-state index contributed by atoms with van der Waals surface area (Å²) in [6, 6.07) is 9.88. The lowest BCUT2D eigenvalue weighted by Gasteiger charge is -2.03. The summed E-state index contributed by atoms with van der Waals surface area (Å²) in [5.74, 6) is 0. The Morgan fingerprint density at radius 2 is 2.19 bits per heavy atom. The van der Waals surface area contributed by atoms with E-state index in [1.807, 2.05) is 37.3 Å². The van der Waals surface area contributed by atoms with E-state index >= 15 is 0 Å². The second-order valence-electron chi connectivity index (χ2n) is 4.29. The van der Waals surface area contributed by atoms with Gasteiger partial charge in [0, 0.05) is 0 Å². The van der Waals surface area contributed by atoms with Crippen molar-refractivity contribution in [3.05, 3.63) is 52.3 Å². The minimum absolute atomic E-state index is 0.465. The Balaban J connectivity index is 2.16. The van der Waals surface area contributed by atoms with Crippen LogP contribution >= 0.6 is 11.6 Å². The lowest BCUT2D eigenvalue weighted by atomic mass is 10.2. The molecular formula is C14H15ClN4O2. The molecule has 0 aliphatic carbocycles. The Morgan fingerprint density at radius 1 is 1.48 bits per heavy atom. The SMILES string of the molecule is COC(=O)N/N=C\c1c(C)nn(Cc2ccccc2)c1Cl. The Morgan fingerprint density at radius 3 is 2.86 bits per heavy atom. The smallest absolute Gasteiger partial charge is 0.427 e. The van der Waals surface area contributed by atoms with Gasteiger partial charge in [-0.2, -0.15) is 10.2 Å². The van der Waals surface area contributed by atoms with E-state index in [4.69, 9.17) is 11.6 Å². The van der Waals surface area contributed by atoms with Gasteiger partial charge in [0.15, 0.2) is 0 Å². The number of halogens is 1. The van der Waals surface area contributed by atoms with Crippen molar-refractivity contribution in [3.63, 3.8) is 0 Å². The van der Waals surface area contributed by atoms with Crippen molar-refractivity contribution in [2.75, 3.05) is 7.11 Å².